The zero-order chi connectivity index (χ0) is 13.3. The summed E-state index contributed by atoms with van der Waals surface area (Å²) >= 11 is 8.21. The van der Waals surface area contributed by atoms with E-state index >= 15 is 0 Å². The second kappa shape index (κ2) is 5.59. The molecule has 0 fully saturated rings. The fraction of sp³-hybridized carbons (Fsp3) is 0.200. The molecule has 2 rings (SSSR count). The van der Waals surface area contributed by atoms with E-state index in [2.05, 4.69) is 36.4 Å². The van der Waals surface area contributed by atoms with Crippen molar-refractivity contribution in [1.82, 2.24) is 0 Å². The zero-order valence-corrected chi connectivity index (χ0v) is 13.2. The second-order valence-electron chi connectivity index (χ2n) is 4.41. The minimum atomic E-state index is -0.630. The van der Waals surface area contributed by atoms with Gasteiger partial charge in [0.05, 0.1) is 0 Å². The molecule has 1 N–H and O–H groups in total. The van der Waals surface area contributed by atoms with Gasteiger partial charge in [0, 0.05) is 8.59 Å². The van der Waals surface area contributed by atoms with Crippen molar-refractivity contribution in [3.05, 3.63) is 67.2 Å². The molecule has 0 aliphatic heterocycles. The number of aryl methyl sites for hydroxylation is 2. The van der Waals surface area contributed by atoms with Crippen LogP contribution < -0.4 is 0 Å². The van der Waals surface area contributed by atoms with E-state index in [1.807, 2.05) is 36.4 Å². The van der Waals surface area contributed by atoms with Crippen LogP contribution in [0.5, 0.6) is 0 Å². The van der Waals surface area contributed by atoms with Gasteiger partial charge in [-0.15, -0.1) is 0 Å². The normalized spacial score (nSPS) is 12.5. The van der Waals surface area contributed by atoms with Crippen LogP contribution in [-0.4, -0.2) is 5.11 Å². The first kappa shape index (κ1) is 13.8. The minimum absolute atomic E-state index is 0.630. The molecule has 94 valence electrons. The van der Waals surface area contributed by atoms with Crippen LogP contribution in [0.25, 0.3) is 0 Å². The van der Waals surface area contributed by atoms with Gasteiger partial charge in [-0.1, -0.05) is 29.8 Å². The van der Waals surface area contributed by atoms with E-state index in [4.69, 9.17) is 11.6 Å². The molecule has 0 radical (unpaired) electrons. The molecule has 0 aromatic heterocycles. The number of rotatable bonds is 2. The SMILES string of the molecule is Cc1ccc(C(O)c2cc(Cl)ccc2I)cc1C. The maximum absolute atomic E-state index is 10.4. The Hall–Kier alpha value is -0.580. The third-order valence-corrected chi connectivity index (χ3v) is 4.32. The summed E-state index contributed by atoms with van der Waals surface area (Å²) in [5, 5.41) is 11.1. The Morgan fingerprint density at radius 1 is 1.06 bits per heavy atom. The van der Waals surface area contributed by atoms with E-state index < -0.39 is 6.10 Å². The number of hydrogen-bond donors (Lipinski definition) is 1. The van der Waals surface area contributed by atoms with Crippen molar-refractivity contribution in [3.63, 3.8) is 0 Å². The lowest BCUT2D eigenvalue weighted by atomic mass is 9.98. The molecule has 0 amide bonds. The average Bonchev–Trinajstić information content (AvgIpc) is 2.35. The van der Waals surface area contributed by atoms with Crippen LogP contribution in [0.4, 0.5) is 0 Å². The summed E-state index contributed by atoms with van der Waals surface area (Å²) in [6.07, 6.45) is -0.630. The van der Waals surface area contributed by atoms with Gasteiger partial charge in [-0.25, -0.2) is 0 Å². The van der Waals surface area contributed by atoms with E-state index in [0.29, 0.717) is 5.02 Å². The molecule has 1 unspecified atom stereocenters. The molecular weight excluding hydrogens is 359 g/mol. The molecule has 0 saturated carbocycles. The van der Waals surface area contributed by atoms with Crippen LogP contribution >= 0.6 is 34.2 Å². The second-order valence-corrected chi connectivity index (χ2v) is 6.01. The van der Waals surface area contributed by atoms with E-state index in [0.717, 1.165) is 14.7 Å². The highest BCUT2D eigenvalue weighted by atomic mass is 127. The molecule has 0 aliphatic carbocycles. The van der Waals surface area contributed by atoms with Crippen molar-refractivity contribution in [1.29, 1.82) is 0 Å². The van der Waals surface area contributed by atoms with Crippen LogP contribution in [0.3, 0.4) is 0 Å². The van der Waals surface area contributed by atoms with Gasteiger partial charge in [0.2, 0.25) is 0 Å². The molecule has 0 aliphatic rings. The van der Waals surface area contributed by atoms with Crippen LogP contribution in [-0.2, 0) is 0 Å². The highest BCUT2D eigenvalue weighted by molar-refractivity contribution is 14.1. The molecule has 0 heterocycles. The standard InChI is InChI=1S/C15H14ClIO/c1-9-3-4-11(7-10(9)2)15(18)13-8-12(16)5-6-14(13)17/h3-8,15,18H,1-2H3. The fourth-order valence-corrected chi connectivity index (χ4v) is 2.65. The maximum atomic E-state index is 10.4. The summed E-state index contributed by atoms with van der Waals surface area (Å²) < 4.78 is 1.02. The van der Waals surface area contributed by atoms with Gasteiger partial charge in [0.25, 0.3) is 0 Å². The topological polar surface area (TPSA) is 20.2 Å². The van der Waals surface area contributed by atoms with E-state index in [9.17, 15) is 5.11 Å². The minimum Gasteiger partial charge on any atom is -0.384 e. The van der Waals surface area contributed by atoms with Gasteiger partial charge in [0.15, 0.2) is 0 Å². The van der Waals surface area contributed by atoms with Crippen LogP contribution in [0, 0.1) is 17.4 Å². The number of benzene rings is 2. The number of aliphatic hydroxyl groups is 1. The molecule has 3 heteroatoms. The molecule has 1 atom stereocenters. The number of hydrogen-bond acceptors (Lipinski definition) is 1. The summed E-state index contributed by atoms with van der Waals surface area (Å²) in [6, 6.07) is 11.6. The fourth-order valence-electron chi connectivity index (χ4n) is 1.84. The zero-order valence-electron chi connectivity index (χ0n) is 10.2. The van der Waals surface area contributed by atoms with Crippen molar-refractivity contribution in [2.45, 2.75) is 20.0 Å². The summed E-state index contributed by atoms with van der Waals surface area (Å²) in [5.41, 5.74) is 4.17. The number of halogens is 2. The summed E-state index contributed by atoms with van der Waals surface area (Å²) in [4.78, 5) is 0. The van der Waals surface area contributed by atoms with Gasteiger partial charge in [-0.3, -0.25) is 0 Å². The van der Waals surface area contributed by atoms with Gasteiger partial charge in [-0.05, 0) is 76.9 Å². The van der Waals surface area contributed by atoms with Gasteiger partial charge in [0.1, 0.15) is 6.10 Å². The van der Waals surface area contributed by atoms with Crippen molar-refractivity contribution in [3.8, 4) is 0 Å². The Balaban J connectivity index is 2.44. The van der Waals surface area contributed by atoms with Crippen molar-refractivity contribution in [2.24, 2.45) is 0 Å². The average molecular weight is 373 g/mol. The molecule has 18 heavy (non-hydrogen) atoms. The van der Waals surface area contributed by atoms with Crippen molar-refractivity contribution in [2.75, 3.05) is 0 Å². The molecule has 2 aromatic carbocycles. The van der Waals surface area contributed by atoms with Gasteiger partial charge >= 0.3 is 0 Å². The molecule has 0 spiro atoms. The van der Waals surface area contributed by atoms with Crippen LogP contribution in [0.2, 0.25) is 5.02 Å². The monoisotopic (exact) mass is 372 g/mol. The summed E-state index contributed by atoms with van der Waals surface area (Å²) in [7, 11) is 0. The lowest BCUT2D eigenvalue weighted by molar-refractivity contribution is 0.219. The largest absolute Gasteiger partial charge is 0.384 e. The predicted molar refractivity (Wildman–Crippen MR) is 84.1 cm³/mol. The highest BCUT2D eigenvalue weighted by Gasteiger charge is 2.14. The third kappa shape index (κ3) is 2.87. The first-order valence-electron chi connectivity index (χ1n) is 5.69. The first-order chi connectivity index (χ1) is 8.49. The Kier molecular flexibility index (Phi) is 4.30. The predicted octanol–water partition coefficient (Wildman–Crippen LogP) is 4.64. The molecule has 1 nitrogen and oxygen atoms in total. The van der Waals surface area contributed by atoms with E-state index in [1.165, 1.54) is 11.1 Å². The van der Waals surface area contributed by atoms with Gasteiger partial charge in [-0.2, -0.15) is 0 Å². The van der Waals surface area contributed by atoms with Crippen LogP contribution in [0.15, 0.2) is 36.4 Å². The van der Waals surface area contributed by atoms with Crippen molar-refractivity contribution >= 4 is 34.2 Å². The Labute approximate surface area is 126 Å². The summed E-state index contributed by atoms with van der Waals surface area (Å²) in [6.45, 7) is 4.11. The quantitative estimate of drug-likeness (QED) is 0.761. The Bertz CT molecular complexity index is 581. The third-order valence-electron chi connectivity index (χ3n) is 3.10. The van der Waals surface area contributed by atoms with E-state index in [1.54, 1.807) is 0 Å². The lowest BCUT2D eigenvalue weighted by Gasteiger charge is -2.15. The molecular formula is C15H14ClIO. The Morgan fingerprint density at radius 3 is 2.44 bits per heavy atom. The maximum Gasteiger partial charge on any atom is 0.105 e. The van der Waals surface area contributed by atoms with Gasteiger partial charge < -0.3 is 5.11 Å². The molecule has 0 saturated heterocycles. The molecule has 0 bridgehead atoms. The lowest BCUT2D eigenvalue weighted by Crippen LogP contribution is -2.02. The smallest absolute Gasteiger partial charge is 0.105 e. The summed E-state index contributed by atoms with van der Waals surface area (Å²) in [5.74, 6) is 0. The highest BCUT2D eigenvalue weighted by Crippen LogP contribution is 2.29. The first-order valence-corrected chi connectivity index (χ1v) is 7.15. The molecule has 2 aromatic rings. The Morgan fingerprint density at radius 2 is 1.78 bits per heavy atom. The number of aliphatic hydroxyl groups excluding tert-OH is 1. The van der Waals surface area contributed by atoms with Crippen LogP contribution in [0.1, 0.15) is 28.4 Å². The van der Waals surface area contributed by atoms with E-state index in [-0.39, 0.29) is 0 Å². The van der Waals surface area contributed by atoms with Crippen molar-refractivity contribution < 1.29 is 5.11 Å².